The lowest BCUT2D eigenvalue weighted by molar-refractivity contribution is -0.125. The van der Waals surface area contributed by atoms with Gasteiger partial charge in [0.25, 0.3) is 0 Å². The first-order chi connectivity index (χ1) is 12.5. The lowest BCUT2D eigenvalue weighted by Crippen LogP contribution is -2.35. The zero-order valence-electron chi connectivity index (χ0n) is 14.8. The lowest BCUT2D eigenvalue weighted by atomic mass is 10.1. The molecule has 136 valence electrons. The van der Waals surface area contributed by atoms with Crippen LogP contribution in [0.5, 0.6) is 5.75 Å². The average Bonchev–Trinajstić information content (AvgIpc) is 3.08. The van der Waals surface area contributed by atoms with Crippen LogP contribution in [0.25, 0.3) is 0 Å². The molecule has 0 bridgehead atoms. The largest absolute Gasteiger partial charge is 0.497 e. The molecule has 1 heterocycles. The SMILES string of the molecule is COc1cccc(CCC(=O)N(C(C)=O)c2cc(Br)cc3c2NCC3)c1. The van der Waals surface area contributed by atoms with Gasteiger partial charge in [-0.2, -0.15) is 0 Å². The van der Waals surface area contributed by atoms with Gasteiger partial charge in [0.05, 0.1) is 18.5 Å². The van der Waals surface area contributed by atoms with E-state index in [0.717, 1.165) is 40.0 Å². The van der Waals surface area contributed by atoms with Gasteiger partial charge >= 0.3 is 0 Å². The maximum atomic E-state index is 12.9. The van der Waals surface area contributed by atoms with Crippen LogP contribution in [0.4, 0.5) is 11.4 Å². The van der Waals surface area contributed by atoms with Crippen molar-refractivity contribution in [2.75, 3.05) is 23.9 Å². The Hall–Kier alpha value is -2.34. The number of halogens is 1. The quantitative estimate of drug-likeness (QED) is 0.801. The van der Waals surface area contributed by atoms with Gasteiger partial charge in [-0.25, -0.2) is 4.90 Å². The van der Waals surface area contributed by atoms with Crippen molar-refractivity contribution < 1.29 is 14.3 Å². The van der Waals surface area contributed by atoms with Gasteiger partial charge in [-0.1, -0.05) is 28.1 Å². The van der Waals surface area contributed by atoms with Crippen LogP contribution in [0.3, 0.4) is 0 Å². The molecule has 0 atom stereocenters. The Morgan fingerprint density at radius 3 is 2.81 bits per heavy atom. The topological polar surface area (TPSA) is 58.6 Å². The summed E-state index contributed by atoms with van der Waals surface area (Å²) < 4.78 is 6.08. The van der Waals surface area contributed by atoms with Gasteiger partial charge in [0.15, 0.2) is 0 Å². The Labute approximate surface area is 161 Å². The molecule has 0 aromatic heterocycles. The number of nitrogens with zero attached hydrogens (tertiary/aromatic N) is 1. The normalized spacial score (nSPS) is 12.3. The number of aryl methyl sites for hydroxylation is 1. The number of amides is 2. The molecule has 3 rings (SSSR count). The Morgan fingerprint density at radius 2 is 2.08 bits per heavy atom. The minimum Gasteiger partial charge on any atom is -0.497 e. The van der Waals surface area contributed by atoms with Crippen molar-refractivity contribution in [2.24, 2.45) is 0 Å². The minimum absolute atomic E-state index is 0.214. The number of rotatable bonds is 5. The standard InChI is InChI=1S/C20H21BrN2O3/c1-13(24)23(18-12-16(21)11-15-8-9-22-20(15)18)19(25)7-6-14-4-3-5-17(10-14)26-2/h3-5,10-12,22H,6-9H2,1-2H3. The molecule has 0 spiro atoms. The minimum atomic E-state index is -0.283. The maximum absolute atomic E-state index is 12.9. The van der Waals surface area contributed by atoms with Gasteiger partial charge in [-0.3, -0.25) is 9.59 Å². The lowest BCUT2D eigenvalue weighted by Gasteiger charge is -2.22. The van der Waals surface area contributed by atoms with Gasteiger partial charge in [-0.05, 0) is 48.2 Å². The van der Waals surface area contributed by atoms with Gasteiger partial charge in [0, 0.05) is 24.4 Å². The molecule has 26 heavy (non-hydrogen) atoms. The van der Waals surface area contributed by atoms with Crippen molar-refractivity contribution >= 4 is 39.1 Å². The van der Waals surface area contributed by atoms with Crippen LogP contribution in [-0.4, -0.2) is 25.5 Å². The molecule has 0 fully saturated rings. The molecule has 1 N–H and O–H groups in total. The molecule has 5 nitrogen and oxygen atoms in total. The highest BCUT2D eigenvalue weighted by atomic mass is 79.9. The molecule has 0 unspecified atom stereocenters. The van der Waals surface area contributed by atoms with Crippen LogP contribution in [0.1, 0.15) is 24.5 Å². The highest BCUT2D eigenvalue weighted by Crippen LogP contribution is 2.37. The van der Waals surface area contributed by atoms with Crippen molar-refractivity contribution in [3.05, 3.63) is 52.0 Å². The second kappa shape index (κ2) is 7.91. The third-order valence-corrected chi connectivity index (χ3v) is 4.88. The number of fused-ring (bicyclic) bond motifs is 1. The Bertz CT molecular complexity index is 851. The summed E-state index contributed by atoms with van der Waals surface area (Å²) in [6, 6.07) is 11.5. The van der Waals surface area contributed by atoms with E-state index < -0.39 is 0 Å². The average molecular weight is 417 g/mol. The zero-order chi connectivity index (χ0) is 18.7. The molecule has 2 aromatic carbocycles. The second-order valence-corrected chi connectivity index (χ2v) is 7.15. The first-order valence-electron chi connectivity index (χ1n) is 8.52. The fourth-order valence-corrected chi connectivity index (χ4v) is 3.71. The van der Waals surface area contributed by atoms with Crippen LogP contribution in [-0.2, 0) is 22.4 Å². The van der Waals surface area contributed by atoms with Gasteiger partial charge in [0.1, 0.15) is 5.75 Å². The predicted octanol–water partition coefficient (Wildman–Crippen LogP) is 3.94. The van der Waals surface area contributed by atoms with Crippen molar-refractivity contribution in [3.63, 3.8) is 0 Å². The number of anilines is 2. The maximum Gasteiger partial charge on any atom is 0.234 e. The predicted molar refractivity (Wildman–Crippen MR) is 106 cm³/mol. The van der Waals surface area contributed by atoms with E-state index in [1.807, 2.05) is 36.4 Å². The highest BCUT2D eigenvalue weighted by molar-refractivity contribution is 9.10. The van der Waals surface area contributed by atoms with Crippen molar-refractivity contribution in [3.8, 4) is 5.75 Å². The molecule has 0 saturated heterocycles. The molecule has 0 saturated carbocycles. The summed E-state index contributed by atoms with van der Waals surface area (Å²) in [6.45, 7) is 2.23. The molecule has 6 heteroatoms. The summed E-state index contributed by atoms with van der Waals surface area (Å²) in [5, 5.41) is 3.29. The summed E-state index contributed by atoms with van der Waals surface area (Å²) in [4.78, 5) is 26.4. The summed E-state index contributed by atoms with van der Waals surface area (Å²) in [5.74, 6) is 0.261. The first-order valence-corrected chi connectivity index (χ1v) is 9.31. The number of hydrogen-bond donors (Lipinski definition) is 1. The molecule has 1 aliphatic rings. The number of nitrogens with one attached hydrogen (secondary N) is 1. The number of carbonyl (C=O) groups excluding carboxylic acids is 2. The number of imide groups is 1. The smallest absolute Gasteiger partial charge is 0.234 e. The van der Waals surface area contributed by atoms with E-state index in [4.69, 9.17) is 4.74 Å². The fraction of sp³-hybridized carbons (Fsp3) is 0.300. The van der Waals surface area contributed by atoms with E-state index in [9.17, 15) is 9.59 Å². The third kappa shape index (κ3) is 3.90. The van der Waals surface area contributed by atoms with Gasteiger partial charge in [0.2, 0.25) is 11.8 Å². The summed E-state index contributed by atoms with van der Waals surface area (Å²) in [6.07, 6.45) is 1.67. The van der Waals surface area contributed by atoms with Gasteiger partial charge < -0.3 is 10.1 Å². The van der Waals surface area contributed by atoms with Crippen LogP contribution >= 0.6 is 15.9 Å². The monoisotopic (exact) mass is 416 g/mol. The van der Waals surface area contributed by atoms with Crippen molar-refractivity contribution in [1.29, 1.82) is 0 Å². The molecule has 0 aliphatic carbocycles. The first kappa shape index (κ1) is 18.5. The van der Waals surface area contributed by atoms with Gasteiger partial charge in [-0.15, -0.1) is 0 Å². The van der Waals surface area contributed by atoms with Crippen molar-refractivity contribution in [1.82, 2.24) is 0 Å². The Balaban J connectivity index is 1.82. The fourth-order valence-electron chi connectivity index (χ4n) is 3.22. The Kier molecular flexibility index (Phi) is 5.61. The van der Waals surface area contributed by atoms with Crippen LogP contribution < -0.4 is 15.0 Å². The van der Waals surface area contributed by atoms with Crippen LogP contribution in [0.2, 0.25) is 0 Å². The molecular formula is C20H21BrN2O3. The van der Waals surface area contributed by atoms with E-state index >= 15 is 0 Å². The second-order valence-electron chi connectivity index (χ2n) is 6.24. The number of carbonyl (C=O) groups is 2. The number of hydrogen-bond acceptors (Lipinski definition) is 4. The van der Waals surface area contributed by atoms with Crippen LogP contribution in [0.15, 0.2) is 40.9 Å². The van der Waals surface area contributed by atoms with Crippen molar-refractivity contribution in [2.45, 2.75) is 26.2 Å². The zero-order valence-corrected chi connectivity index (χ0v) is 16.4. The third-order valence-electron chi connectivity index (χ3n) is 4.43. The van der Waals surface area contributed by atoms with E-state index in [1.54, 1.807) is 7.11 Å². The van der Waals surface area contributed by atoms with E-state index in [-0.39, 0.29) is 18.2 Å². The summed E-state index contributed by atoms with van der Waals surface area (Å²) in [7, 11) is 1.61. The summed E-state index contributed by atoms with van der Waals surface area (Å²) in [5.41, 5.74) is 3.60. The molecule has 1 aliphatic heterocycles. The highest BCUT2D eigenvalue weighted by Gasteiger charge is 2.26. The molecule has 0 radical (unpaired) electrons. The van der Waals surface area contributed by atoms with Crippen LogP contribution in [0, 0.1) is 0 Å². The van der Waals surface area contributed by atoms with E-state index in [2.05, 4.69) is 21.2 Å². The molecule has 2 aromatic rings. The van der Waals surface area contributed by atoms with E-state index in [1.165, 1.54) is 11.8 Å². The number of ether oxygens (including phenoxy) is 1. The Morgan fingerprint density at radius 1 is 1.27 bits per heavy atom. The number of benzene rings is 2. The molecular weight excluding hydrogens is 396 g/mol. The number of methoxy groups -OCH3 is 1. The van der Waals surface area contributed by atoms with E-state index in [0.29, 0.717) is 12.1 Å². The summed E-state index contributed by atoms with van der Waals surface area (Å²) >= 11 is 3.48. The molecule has 2 amide bonds.